The molecule has 0 aliphatic rings. The number of para-hydroxylation sites is 1. The average molecular weight is 394 g/mol. The van der Waals surface area contributed by atoms with Crippen molar-refractivity contribution in [3.05, 3.63) is 88.3 Å². The monoisotopic (exact) mass is 393 g/mol. The van der Waals surface area contributed by atoms with Crippen LogP contribution >= 0.6 is 22.9 Å². The molecule has 0 spiro atoms. The predicted molar refractivity (Wildman–Crippen MR) is 110 cm³/mol. The molecule has 0 radical (unpaired) electrons. The molecule has 27 heavy (non-hydrogen) atoms. The third-order valence-corrected chi connectivity index (χ3v) is 5.57. The van der Waals surface area contributed by atoms with Gasteiger partial charge in [-0.15, -0.1) is 11.3 Å². The van der Waals surface area contributed by atoms with Crippen molar-refractivity contribution in [3.8, 4) is 10.6 Å². The highest BCUT2D eigenvalue weighted by molar-refractivity contribution is 7.13. The summed E-state index contributed by atoms with van der Waals surface area (Å²) in [5, 5.41) is 3.34. The number of halogens is 1. The molecule has 0 amide bonds. The quantitative estimate of drug-likeness (QED) is 0.370. The van der Waals surface area contributed by atoms with Gasteiger partial charge in [0.1, 0.15) is 6.10 Å². The minimum absolute atomic E-state index is 0.390. The van der Waals surface area contributed by atoms with Crippen LogP contribution in [0.25, 0.3) is 21.5 Å². The van der Waals surface area contributed by atoms with Crippen LogP contribution in [0.15, 0.2) is 72.1 Å². The number of thiophene rings is 1. The first-order valence-corrected chi connectivity index (χ1v) is 9.78. The van der Waals surface area contributed by atoms with Gasteiger partial charge in [0.25, 0.3) is 0 Å². The van der Waals surface area contributed by atoms with Crippen molar-refractivity contribution >= 4 is 39.8 Å². The first-order valence-electron chi connectivity index (χ1n) is 8.52. The number of pyridine rings is 1. The van der Waals surface area contributed by atoms with Gasteiger partial charge in [-0.3, -0.25) is 0 Å². The Morgan fingerprint density at radius 3 is 2.63 bits per heavy atom. The Morgan fingerprint density at radius 1 is 1.07 bits per heavy atom. The van der Waals surface area contributed by atoms with Crippen LogP contribution in [-0.4, -0.2) is 11.0 Å². The molecule has 4 rings (SSSR count). The SMILES string of the molecule is C[C@H](OC(=O)c1cc(-c2cccs2)nc2ccccc12)c1ccccc1Cl. The molecule has 0 fully saturated rings. The normalized spacial score (nSPS) is 12.1. The van der Waals surface area contributed by atoms with E-state index in [0.717, 1.165) is 27.0 Å². The van der Waals surface area contributed by atoms with E-state index in [-0.39, 0.29) is 5.97 Å². The van der Waals surface area contributed by atoms with Crippen LogP contribution in [0, 0.1) is 0 Å². The number of benzene rings is 2. The topological polar surface area (TPSA) is 39.2 Å². The Morgan fingerprint density at radius 2 is 1.85 bits per heavy atom. The highest BCUT2D eigenvalue weighted by Gasteiger charge is 2.19. The van der Waals surface area contributed by atoms with E-state index in [0.29, 0.717) is 10.6 Å². The molecule has 134 valence electrons. The van der Waals surface area contributed by atoms with Crippen molar-refractivity contribution in [2.45, 2.75) is 13.0 Å². The standard InChI is InChI=1S/C22H16ClNO2S/c1-14(15-7-2-4-9-18(15)23)26-22(25)17-13-20(21-11-6-12-27-21)24-19-10-5-3-8-16(17)19/h2-14H,1H3/t14-/m0/s1. The molecule has 4 aromatic rings. The highest BCUT2D eigenvalue weighted by Crippen LogP contribution is 2.30. The number of hydrogen-bond donors (Lipinski definition) is 0. The molecule has 0 saturated carbocycles. The summed E-state index contributed by atoms with van der Waals surface area (Å²) in [4.78, 5) is 18.7. The fraction of sp³-hybridized carbons (Fsp3) is 0.0909. The van der Waals surface area contributed by atoms with Gasteiger partial charge in [-0.1, -0.05) is 54.1 Å². The van der Waals surface area contributed by atoms with E-state index in [4.69, 9.17) is 21.3 Å². The molecule has 0 saturated heterocycles. The van der Waals surface area contributed by atoms with Gasteiger partial charge in [-0.25, -0.2) is 9.78 Å². The van der Waals surface area contributed by atoms with Gasteiger partial charge in [0.05, 0.1) is 21.7 Å². The fourth-order valence-electron chi connectivity index (χ4n) is 2.99. The minimum Gasteiger partial charge on any atom is -0.454 e. The van der Waals surface area contributed by atoms with Crippen LogP contribution in [0.3, 0.4) is 0 Å². The van der Waals surface area contributed by atoms with E-state index in [9.17, 15) is 4.79 Å². The van der Waals surface area contributed by atoms with Crippen LogP contribution in [0.4, 0.5) is 0 Å². The van der Waals surface area contributed by atoms with Gasteiger partial charge in [0.2, 0.25) is 0 Å². The summed E-state index contributed by atoms with van der Waals surface area (Å²) < 4.78 is 5.74. The maximum absolute atomic E-state index is 13.0. The molecule has 2 heterocycles. The number of ether oxygens (including phenoxy) is 1. The Labute approximate surface area is 166 Å². The molecule has 2 aromatic heterocycles. The molecule has 2 aromatic carbocycles. The number of esters is 1. The van der Waals surface area contributed by atoms with Crippen molar-refractivity contribution < 1.29 is 9.53 Å². The van der Waals surface area contributed by atoms with Crippen LogP contribution in [0.5, 0.6) is 0 Å². The zero-order valence-corrected chi connectivity index (χ0v) is 16.1. The van der Waals surface area contributed by atoms with Crippen LogP contribution in [0.2, 0.25) is 5.02 Å². The zero-order chi connectivity index (χ0) is 18.8. The summed E-state index contributed by atoms with van der Waals surface area (Å²) in [5.41, 5.74) is 2.81. The second-order valence-electron chi connectivity index (χ2n) is 6.12. The molecular weight excluding hydrogens is 378 g/mol. The number of carbonyl (C=O) groups is 1. The van der Waals surface area contributed by atoms with Gasteiger partial charge in [-0.05, 0) is 36.6 Å². The molecule has 1 atom stereocenters. The zero-order valence-electron chi connectivity index (χ0n) is 14.6. The van der Waals surface area contributed by atoms with Crippen LogP contribution < -0.4 is 0 Å². The van der Waals surface area contributed by atoms with E-state index in [1.54, 1.807) is 23.5 Å². The lowest BCUT2D eigenvalue weighted by Gasteiger charge is -2.16. The molecule has 0 aliphatic carbocycles. The summed E-state index contributed by atoms with van der Waals surface area (Å²) in [6, 6.07) is 20.7. The van der Waals surface area contributed by atoms with E-state index >= 15 is 0 Å². The van der Waals surface area contributed by atoms with Crippen molar-refractivity contribution in [2.75, 3.05) is 0 Å². The number of carbonyl (C=O) groups excluding carboxylic acids is 1. The number of fused-ring (bicyclic) bond motifs is 1. The van der Waals surface area contributed by atoms with Crippen LogP contribution in [0.1, 0.15) is 28.9 Å². The first kappa shape index (κ1) is 17.7. The number of hydrogen-bond acceptors (Lipinski definition) is 4. The molecule has 0 bridgehead atoms. The Balaban J connectivity index is 1.74. The Kier molecular flexibility index (Phi) is 4.92. The molecule has 3 nitrogen and oxygen atoms in total. The van der Waals surface area contributed by atoms with E-state index < -0.39 is 6.10 Å². The third kappa shape index (κ3) is 3.59. The van der Waals surface area contributed by atoms with Crippen molar-refractivity contribution in [1.82, 2.24) is 4.98 Å². The lowest BCUT2D eigenvalue weighted by Crippen LogP contribution is -2.10. The van der Waals surface area contributed by atoms with Gasteiger partial charge in [0.15, 0.2) is 0 Å². The third-order valence-electron chi connectivity index (χ3n) is 4.34. The fourth-order valence-corrected chi connectivity index (χ4v) is 3.96. The van der Waals surface area contributed by atoms with E-state index in [1.165, 1.54) is 0 Å². The summed E-state index contributed by atoms with van der Waals surface area (Å²) in [6.45, 7) is 1.82. The van der Waals surface area contributed by atoms with E-state index in [1.807, 2.05) is 66.9 Å². The summed E-state index contributed by atoms with van der Waals surface area (Å²) >= 11 is 7.82. The Hall–Kier alpha value is -2.69. The van der Waals surface area contributed by atoms with Crippen molar-refractivity contribution in [2.24, 2.45) is 0 Å². The largest absolute Gasteiger partial charge is 0.454 e. The maximum Gasteiger partial charge on any atom is 0.339 e. The highest BCUT2D eigenvalue weighted by atomic mass is 35.5. The number of nitrogens with zero attached hydrogens (tertiary/aromatic N) is 1. The number of rotatable bonds is 4. The molecule has 0 aliphatic heterocycles. The smallest absolute Gasteiger partial charge is 0.339 e. The lowest BCUT2D eigenvalue weighted by molar-refractivity contribution is 0.0340. The molecule has 0 N–H and O–H groups in total. The second-order valence-corrected chi connectivity index (χ2v) is 7.47. The Bertz CT molecular complexity index is 1110. The van der Waals surface area contributed by atoms with Gasteiger partial charge in [0, 0.05) is 16.0 Å². The lowest BCUT2D eigenvalue weighted by atomic mass is 10.1. The van der Waals surface area contributed by atoms with Crippen molar-refractivity contribution in [3.63, 3.8) is 0 Å². The maximum atomic E-state index is 13.0. The summed E-state index contributed by atoms with van der Waals surface area (Å²) in [6.07, 6.45) is -0.455. The van der Waals surface area contributed by atoms with E-state index in [2.05, 4.69) is 0 Å². The summed E-state index contributed by atoms with van der Waals surface area (Å²) in [5.74, 6) is -0.390. The number of aromatic nitrogens is 1. The second kappa shape index (κ2) is 7.51. The van der Waals surface area contributed by atoms with Gasteiger partial charge in [-0.2, -0.15) is 0 Å². The molecular formula is C22H16ClNO2S. The average Bonchev–Trinajstić information content (AvgIpc) is 3.22. The molecule has 0 unspecified atom stereocenters. The first-order chi connectivity index (χ1) is 13.1. The minimum atomic E-state index is -0.455. The van der Waals surface area contributed by atoms with Crippen LogP contribution in [-0.2, 0) is 4.74 Å². The van der Waals surface area contributed by atoms with Gasteiger partial charge >= 0.3 is 5.97 Å². The summed E-state index contributed by atoms with van der Waals surface area (Å²) in [7, 11) is 0. The molecule has 5 heteroatoms. The van der Waals surface area contributed by atoms with Crippen molar-refractivity contribution in [1.29, 1.82) is 0 Å². The predicted octanol–water partition coefficient (Wildman–Crippen LogP) is 6.53. The van der Waals surface area contributed by atoms with Gasteiger partial charge < -0.3 is 4.74 Å².